The summed E-state index contributed by atoms with van der Waals surface area (Å²) >= 11 is 3.23. The number of rotatable bonds is 3. The van der Waals surface area contributed by atoms with Crippen LogP contribution in [-0.2, 0) is 6.54 Å². The van der Waals surface area contributed by atoms with Gasteiger partial charge in [-0.05, 0) is 22.0 Å². The quantitative estimate of drug-likeness (QED) is 0.867. The highest BCUT2D eigenvalue weighted by Crippen LogP contribution is 2.19. The number of hydrogen-bond acceptors (Lipinski definition) is 5. The Morgan fingerprint density at radius 2 is 2.35 bits per heavy atom. The lowest BCUT2D eigenvalue weighted by molar-refractivity contribution is 0.0747. The molecular formula is C10H10BrN3O3. The van der Waals surface area contributed by atoms with E-state index in [4.69, 9.17) is 8.94 Å². The van der Waals surface area contributed by atoms with E-state index in [9.17, 15) is 4.79 Å². The topological polar surface area (TPSA) is 72.4 Å². The Hall–Kier alpha value is -1.63. The fourth-order valence-electron chi connectivity index (χ4n) is 1.31. The molecule has 0 saturated heterocycles. The van der Waals surface area contributed by atoms with Crippen LogP contribution in [0.15, 0.2) is 25.7 Å². The standard InChI is InChI=1S/C10H10BrN3O3/c1-6-12-8(13-17-6)5-14(2)10(15)9-7(11)3-4-16-9/h3-4H,5H2,1-2H3. The van der Waals surface area contributed by atoms with Crippen molar-refractivity contribution < 1.29 is 13.7 Å². The zero-order valence-electron chi connectivity index (χ0n) is 9.31. The highest BCUT2D eigenvalue weighted by atomic mass is 79.9. The van der Waals surface area contributed by atoms with Crippen LogP contribution >= 0.6 is 15.9 Å². The van der Waals surface area contributed by atoms with Gasteiger partial charge in [-0.15, -0.1) is 0 Å². The maximum atomic E-state index is 12.0. The third-order valence-electron chi connectivity index (χ3n) is 2.11. The third kappa shape index (κ3) is 2.55. The average molecular weight is 300 g/mol. The van der Waals surface area contributed by atoms with E-state index in [1.807, 2.05) is 0 Å². The lowest BCUT2D eigenvalue weighted by Gasteiger charge is -2.13. The molecule has 0 saturated carbocycles. The van der Waals surface area contributed by atoms with Gasteiger partial charge >= 0.3 is 0 Å². The van der Waals surface area contributed by atoms with Crippen molar-refractivity contribution in [1.29, 1.82) is 0 Å². The zero-order valence-corrected chi connectivity index (χ0v) is 10.9. The second kappa shape index (κ2) is 4.70. The van der Waals surface area contributed by atoms with E-state index in [1.165, 1.54) is 11.2 Å². The van der Waals surface area contributed by atoms with Gasteiger partial charge in [0.15, 0.2) is 5.82 Å². The fraction of sp³-hybridized carbons (Fsp3) is 0.300. The van der Waals surface area contributed by atoms with Crippen LogP contribution in [0.5, 0.6) is 0 Å². The minimum Gasteiger partial charge on any atom is -0.458 e. The van der Waals surface area contributed by atoms with Crippen molar-refractivity contribution in [3.8, 4) is 0 Å². The predicted octanol–water partition coefficient (Wildman–Crippen LogP) is 2.01. The second-order valence-electron chi connectivity index (χ2n) is 3.49. The molecule has 2 aromatic rings. The van der Waals surface area contributed by atoms with Gasteiger partial charge in [-0.1, -0.05) is 5.16 Å². The van der Waals surface area contributed by atoms with Crippen LogP contribution in [-0.4, -0.2) is 28.0 Å². The number of halogens is 1. The molecule has 0 radical (unpaired) electrons. The van der Waals surface area contributed by atoms with Gasteiger partial charge in [0.25, 0.3) is 5.91 Å². The first-order valence-corrected chi connectivity index (χ1v) is 5.65. The molecule has 2 heterocycles. The molecule has 0 unspecified atom stereocenters. The number of nitrogens with zero attached hydrogens (tertiary/aromatic N) is 3. The number of hydrogen-bond donors (Lipinski definition) is 0. The van der Waals surface area contributed by atoms with Gasteiger partial charge in [0.2, 0.25) is 11.7 Å². The average Bonchev–Trinajstić information content (AvgIpc) is 2.86. The largest absolute Gasteiger partial charge is 0.458 e. The highest BCUT2D eigenvalue weighted by Gasteiger charge is 2.19. The van der Waals surface area contributed by atoms with Crippen LogP contribution in [0.25, 0.3) is 0 Å². The molecule has 2 aromatic heterocycles. The Kier molecular flexibility index (Phi) is 3.28. The van der Waals surface area contributed by atoms with Crippen LogP contribution in [0, 0.1) is 6.92 Å². The summed E-state index contributed by atoms with van der Waals surface area (Å²) in [5, 5.41) is 3.72. The normalized spacial score (nSPS) is 10.5. The molecule has 0 bridgehead atoms. The molecule has 0 N–H and O–H groups in total. The summed E-state index contributed by atoms with van der Waals surface area (Å²) in [6.07, 6.45) is 1.45. The van der Waals surface area contributed by atoms with Crippen LogP contribution in [0.4, 0.5) is 0 Å². The molecule has 1 amide bonds. The zero-order chi connectivity index (χ0) is 12.4. The fourth-order valence-corrected chi connectivity index (χ4v) is 1.68. The summed E-state index contributed by atoms with van der Waals surface area (Å²) in [5.41, 5.74) is 0. The summed E-state index contributed by atoms with van der Waals surface area (Å²) in [7, 11) is 1.64. The van der Waals surface area contributed by atoms with E-state index >= 15 is 0 Å². The first kappa shape index (κ1) is 11.8. The van der Waals surface area contributed by atoms with Crippen molar-refractivity contribution in [3.05, 3.63) is 34.3 Å². The first-order valence-electron chi connectivity index (χ1n) is 4.85. The van der Waals surface area contributed by atoms with Gasteiger partial charge in [-0.25, -0.2) is 0 Å². The van der Waals surface area contributed by atoms with Gasteiger partial charge in [0.05, 0.1) is 17.3 Å². The molecule has 7 heteroatoms. The molecular weight excluding hydrogens is 290 g/mol. The van der Waals surface area contributed by atoms with Gasteiger partial charge in [-0.3, -0.25) is 4.79 Å². The van der Waals surface area contributed by atoms with Crippen molar-refractivity contribution in [1.82, 2.24) is 15.0 Å². The Bertz CT molecular complexity index is 534. The van der Waals surface area contributed by atoms with Gasteiger partial charge in [-0.2, -0.15) is 4.98 Å². The monoisotopic (exact) mass is 299 g/mol. The lowest BCUT2D eigenvalue weighted by Crippen LogP contribution is -2.26. The summed E-state index contributed by atoms with van der Waals surface area (Å²) in [4.78, 5) is 17.4. The maximum absolute atomic E-state index is 12.0. The Balaban J connectivity index is 2.08. The molecule has 0 aliphatic rings. The van der Waals surface area contributed by atoms with Crippen molar-refractivity contribution >= 4 is 21.8 Å². The Morgan fingerprint density at radius 1 is 1.59 bits per heavy atom. The summed E-state index contributed by atoms with van der Waals surface area (Å²) in [6.45, 7) is 1.96. The molecule has 0 aliphatic heterocycles. The van der Waals surface area contributed by atoms with Crippen LogP contribution in [0.1, 0.15) is 22.3 Å². The molecule has 0 aliphatic carbocycles. The smallest absolute Gasteiger partial charge is 0.290 e. The Morgan fingerprint density at radius 3 is 2.88 bits per heavy atom. The maximum Gasteiger partial charge on any atom is 0.290 e. The predicted molar refractivity (Wildman–Crippen MR) is 61.2 cm³/mol. The van der Waals surface area contributed by atoms with Gasteiger partial charge < -0.3 is 13.8 Å². The molecule has 0 aromatic carbocycles. The van der Waals surface area contributed by atoms with E-state index in [1.54, 1.807) is 20.0 Å². The van der Waals surface area contributed by atoms with Gasteiger partial charge in [0.1, 0.15) is 0 Å². The third-order valence-corrected chi connectivity index (χ3v) is 2.73. The van der Waals surface area contributed by atoms with E-state index in [2.05, 4.69) is 26.1 Å². The molecule has 0 fully saturated rings. The summed E-state index contributed by atoms with van der Waals surface area (Å²) in [6, 6.07) is 1.67. The van der Waals surface area contributed by atoms with E-state index in [-0.39, 0.29) is 18.2 Å². The lowest BCUT2D eigenvalue weighted by atomic mass is 10.4. The Labute approximate surface area is 106 Å². The molecule has 6 nitrogen and oxygen atoms in total. The second-order valence-corrected chi connectivity index (χ2v) is 4.34. The summed E-state index contributed by atoms with van der Waals surface area (Å²) < 4.78 is 10.5. The van der Waals surface area contributed by atoms with Crippen molar-refractivity contribution in [3.63, 3.8) is 0 Å². The van der Waals surface area contributed by atoms with Crippen molar-refractivity contribution in [2.45, 2.75) is 13.5 Å². The van der Waals surface area contributed by atoms with E-state index < -0.39 is 0 Å². The van der Waals surface area contributed by atoms with Crippen LogP contribution in [0.3, 0.4) is 0 Å². The first-order chi connectivity index (χ1) is 8.08. The minimum absolute atomic E-state index is 0.246. The molecule has 90 valence electrons. The number of carbonyl (C=O) groups excluding carboxylic acids is 1. The van der Waals surface area contributed by atoms with Crippen LogP contribution in [0.2, 0.25) is 0 Å². The SMILES string of the molecule is Cc1nc(CN(C)C(=O)c2occc2Br)no1. The van der Waals surface area contributed by atoms with E-state index in [0.29, 0.717) is 16.2 Å². The van der Waals surface area contributed by atoms with Crippen molar-refractivity contribution in [2.75, 3.05) is 7.05 Å². The number of aromatic nitrogens is 2. The minimum atomic E-state index is -0.246. The van der Waals surface area contributed by atoms with Crippen LogP contribution < -0.4 is 0 Å². The van der Waals surface area contributed by atoms with E-state index in [0.717, 1.165) is 0 Å². The van der Waals surface area contributed by atoms with Crippen molar-refractivity contribution in [2.24, 2.45) is 0 Å². The number of amides is 1. The molecule has 0 spiro atoms. The van der Waals surface area contributed by atoms with Gasteiger partial charge in [0, 0.05) is 14.0 Å². The highest BCUT2D eigenvalue weighted by molar-refractivity contribution is 9.10. The molecule has 17 heavy (non-hydrogen) atoms. The number of aryl methyl sites for hydroxylation is 1. The number of furan rings is 1. The molecule has 2 rings (SSSR count). The number of carbonyl (C=O) groups is 1. The summed E-state index contributed by atoms with van der Waals surface area (Å²) in [5.74, 6) is 0.943. The molecule has 0 atom stereocenters.